The van der Waals surface area contributed by atoms with Gasteiger partial charge in [0.15, 0.2) is 0 Å². The van der Waals surface area contributed by atoms with Gasteiger partial charge in [0, 0.05) is 28.9 Å². The van der Waals surface area contributed by atoms with E-state index in [0.29, 0.717) is 4.47 Å². The number of carboxylic acid groups (broad SMARTS) is 1. The Bertz CT molecular complexity index is 766. The van der Waals surface area contributed by atoms with E-state index in [0.717, 1.165) is 22.0 Å². The van der Waals surface area contributed by atoms with Gasteiger partial charge in [-0.15, -0.1) is 0 Å². The van der Waals surface area contributed by atoms with Gasteiger partial charge in [-0.3, -0.25) is 4.98 Å². The lowest BCUT2D eigenvalue weighted by atomic mass is 10.1. The lowest BCUT2D eigenvalue weighted by Crippen LogP contribution is -1.96. The van der Waals surface area contributed by atoms with Gasteiger partial charge in [0.1, 0.15) is 5.69 Å². The number of fused-ring (bicyclic) bond motifs is 1. The van der Waals surface area contributed by atoms with Crippen molar-refractivity contribution in [2.75, 3.05) is 0 Å². The molecule has 0 atom stereocenters. The predicted octanol–water partition coefficient (Wildman–Crippen LogP) is 3.69. The molecule has 1 aromatic carbocycles. The van der Waals surface area contributed by atoms with E-state index >= 15 is 0 Å². The van der Waals surface area contributed by atoms with Gasteiger partial charge in [0.2, 0.25) is 0 Å². The van der Waals surface area contributed by atoms with E-state index in [1.54, 1.807) is 12.4 Å². The zero-order valence-electron chi connectivity index (χ0n) is 9.72. The maximum Gasteiger partial charge on any atom is 0.353 e. The normalized spacial score (nSPS) is 10.8. The first-order valence-corrected chi connectivity index (χ1v) is 6.41. The predicted molar refractivity (Wildman–Crippen MR) is 76.2 cm³/mol. The molecule has 0 spiro atoms. The van der Waals surface area contributed by atoms with Crippen LogP contribution in [0.15, 0.2) is 47.2 Å². The average Bonchev–Trinajstić information content (AvgIpc) is 2.77. The van der Waals surface area contributed by atoms with E-state index in [1.807, 2.05) is 30.3 Å². The molecule has 0 saturated heterocycles. The number of rotatable bonds is 2. The second-order valence-corrected chi connectivity index (χ2v) is 4.91. The average molecular weight is 317 g/mol. The molecule has 0 aliphatic rings. The van der Waals surface area contributed by atoms with E-state index in [1.165, 1.54) is 0 Å². The van der Waals surface area contributed by atoms with Crippen LogP contribution >= 0.6 is 15.9 Å². The van der Waals surface area contributed by atoms with Crippen LogP contribution in [0.1, 0.15) is 10.5 Å². The van der Waals surface area contributed by atoms with Crippen molar-refractivity contribution in [1.29, 1.82) is 0 Å². The van der Waals surface area contributed by atoms with Crippen molar-refractivity contribution in [1.82, 2.24) is 9.97 Å². The van der Waals surface area contributed by atoms with Crippen molar-refractivity contribution in [3.05, 3.63) is 52.9 Å². The SMILES string of the molecule is O=C(O)c1[nH]c2cc(-c3cccnc3)ccc2c1Br. The van der Waals surface area contributed by atoms with Crippen molar-refractivity contribution in [2.45, 2.75) is 0 Å². The molecule has 94 valence electrons. The first kappa shape index (κ1) is 11.9. The second-order valence-electron chi connectivity index (χ2n) is 4.12. The molecular formula is C14H9BrN2O2. The van der Waals surface area contributed by atoms with Crippen molar-refractivity contribution in [2.24, 2.45) is 0 Å². The molecule has 4 nitrogen and oxygen atoms in total. The Balaban J connectivity index is 2.19. The standard InChI is InChI=1S/C14H9BrN2O2/c15-12-10-4-3-8(9-2-1-5-16-7-9)6-11(10)17-13(12)14(18)19/h1-7,17H,(H,18,19). The zero-order valence-corrected chi connectivity index (χ0v) is 11.3. The van der Waals surface area contributed by atoms with Crippen LogP contribution in [0.5, 0.6) is 0 Å². The molecule has 2 heterocycles. The van der Waals surface area contributed by atoms with E-state index in [9.17, 15) is 4.79 Å². The molecule has 0 bridgehead atoms. The van der Waals surface area contributed by atoms with Gasteiger partial charge in [-0.2, -0.15) is 0 Å². The fraction of sp³-hybridized carbons (Fsp3) is 0. The third kappa shape index (κ3) is 2.02. The Labute approximate surface area is 117 Å². The molecule has 3 rings (SSSR count). The van der Waals surface area contributed by atoms with E-state index < -0.39 is 5.97 Å². The number of aromatic nitrogens is 2. The summed E-state index contributed by atoms with van der Waals surface area (Å²) in [6, 6.07) is 9.59. The molecule has 5 heteroatoms. The summed E-state index contributed by atoms with van der Waals surface area (Å²) in [5.74, 6) is -0.981. The molecule has 19 heavy (non-hydrogen) atoms. The molecule has 0 fully saturated rings. The number of nitrogens with zero attached hydrogens (tertiary/aromatic N) is 1. The number of hydrogen-bond donors (Lipinski definition) is 2. The highest BCUT2D eigenvalue weighted by atomic mass is 79.9. The topological polar surface area (TPSA) is 66.0 Å². The number of aromatic amines is 1. The zero-order chi connectivity index (χ0) is 13.4. The highest BCUT2D eigenvalue weighted by Gasteiger charge is 2.15. The monoisotopic (exact) mass is 316 g/mol. The fourth-order valence-corrected chi connectivity index (χ4v) is 2.64. The highest BCUT2D eigenvalue weighted by Crippen LogP contribution is 2.31. The smallest absolute Gasteiger partial charge is 0.353 e. The molecule has 0 amide bonds. The van der Waals surface area contributed by atoms with Crippen LogP contribution in [-0.4, -0.2) is 21.0 Å². The van der Waals surface area contributed by atoms with Crippen molar-refractivity contribution >= 4 is 32.8 Å². The number of nitrogens with one attached hydrogen (secondary N) is 1. The summed E-state index contributed by atoms with van der Waals surface area (Å²) in [5, 5.41) is 9.93. The van der Waals surface area contributed by atoms with Crippen LogP contribution in [0, 0.1) is 0 Å². The number of halogens is 1. The largest absolute Gasteiger partial charge is 0.477 e. The number of carbonyl (C=O) groups is 1. The summed E-state index contributed by atoms with van der Waals surface area (Å²) in [6.45, 7) is 0. The summed E-state index contributed by atoms with van der Waals surface area (Å²) < 4.78 is 0.577. The van der Waals surface area contributed by atoms with Crippen molar-refractivity contribution in [3.63, 3.8) is 0 Å². The van der Waals surface area contributed by atoms with Crippen molar-refractivity contribution < 1.29 is 9.90 Å². The van der Waals surface area contributed by atoms with Gasteiger partial charge in [-0.25, -0.2) is 4.79 Å². The van der Waals surface area contributed by atoms with Crippen LogP contribution in [0.4, 0.5) is 0 Å². The second kappa shape index (κ2) is 4.51. The van der Waals surface area contributed by atoms with Crippen LogP contribution < -0.4 is 0 Å². The van der Waals surface area contributed by atoms with Gasteiger partial charge in [-0.05, 0) is 33.6 Å². The van der Waals surface area contributed by atoms with Gasteiger partial charge in [0.05, 0.1) is 4.47 Å². The van der Waals surface area contributed by atoms with Crippen LogP contribution in [0.3, 0.4) is 0 Å². The number of benzene rings is 1. The van der Waals surface area contributed by atoms with E-state index in [2.05, 4.69) is 25.9 Å². The molecule has 2 N–H and O–H groups in total. The Morgan fingerprint density at radius 2 is 2.11 bits per heavy atom. The number of hydrogen-bond acceptors (Lipinski definition) is 2. The fourth-order valence-electron chi connectivity index (χ4n) is 2.02. The Morgan fingerprint density at radius 3 is 2.79 bits per heavy atom. The Hall–Kier alpha value is -2.14. The first-order valence-electron chi connectivity index (χ1n) is 5.62. The molecule has 0 saturated carbocycles. The Morgan fingerprint density at radius 1 is 1.26 bits per heavy atom. The molecule has 3 aromatic rings. The number of H-pyrrole nitrogens is 1. The molecular weight excluding hydrogens is 308 g/mol. The minimum Gasteiger partial charge on any atom is -0.477 e. The third-order valence-corrected chi connectivity index (χ3v) is 3.77. The summed E-state index contributed by atoms with van der Waals surface area (Å²) in [4.78, 5) is 18.1. The maximum atomic E-state index is 11.1. The lowest BCUT2D eigenvalue weighted by Gasteiger charge is -2.00. The minimum atomic E-state index is -0.981. The molecule has 0 unspecified atom stereocenters. The third-order valence-electron chi connectivity index (χ3n) is 2.94. The maximum absolute atomic E-state index is 11.1. The van der Waals surface area contributed by atoms with E-state index in [-0.39, 0.29) is 5.69 Å². The number of pyridine rings is 1. The van der Waals surface area contributed by atoms with Gasteiger partial charge in [0.25, 0.3) is 0 Å². The molecule has 0 aliphatic carbocycles. The molecule has 0 radical (unpaired) electrons. The minimum absolute atomic E-state index is 0.165. The summed E-state index contributed by atoms with van der Waals surface area (Å²) in [6.07, 6.45) is 3.49. The van der Waals surface area contributed by atoms with Gasteiger partial charge >= 0.3 is 5.97 Å². The highest BCUT2D eigenvalue weighted by molar-refractivity contribution is 9.10. The van der Waals surface area contributed by atoms with Crippen LogP contribution in [-0.2, 0) is 0 Å². The van der Waals surface area contributed by atoms with Gasteiger partial charge in [-0.1, -0.05) is 18.2 Å². The molecule has 2 aromatic heterocycles. The van der Waals surface area contributed by atoms with Crippen LogP contribution in [0.2, 0.25) is 0 Å². The van der Waals surface area contributed by atoms with Gasteiger partial charge < -0.3 is 10.1 Å². The number of aromatic carboxylic acids is 1. The van der Waals surface area contributed by atoms with Crippen LogP contribution in [0.25, 0.3) is 22.0 Å². The lowest BCUT2D eigenvalue weighted by molar-refractivity contribution is 0.0690. The van der Waals surface area contributed by atoms with Crippen molar-refractivity contribution in [3.8, 4) is 11.1 Å². The van der Waals surface area contributed by atoms with E-state index in [4.69, 9.17) is 5.11 Å². The first-order chi connectivity index (χ1) is 9.16. The quantitative estimate of drug-likeness (QED) is 0.757. The summed E-state index contributed by atoms with van der Waals surface area (Å²) in [7, 11) is 0. The number of carboxylic acids is 1. The summed E-state index contributed by atoms with van der Waals surface area (Å²) in [5.41, 5.74) is 2.93. The Kier molecular flexibility index (Phi) is 2.83. The summed E-state index contributed by atoms with van der Waals surface area (Å²) >= 11 is 3.31. The molecule has 0 aliphatic heterocycles.